The molecule has 2 nitrogen and oxygen atoms in total. The lowest BCUT2D eigenvalue weighted by molar-refractivity contribution is -0.138. The molecule has 0 aliphatic rings. The number of rotatable bonds is 4. The second-order valence-electron chi connectivity index (χ2n) is 3.76. The summed E-state index contributed by atoms with van der Waals surface area (Å²) in [5.74, 6) is 0. The van der Waals surface area contributed by atoms with Crippen LogP contribution in [0.5, 0.6) is 0 Å². The molecule has 0 bridgehead atoms. The van der Waals surface area contributed by atoms with Gasteiger partial charge in [0.25, 0.3) is 0 Å². The van der Waals surface area contributed by atoms with Crippen molar-refractivity contribution in [3.05, 3.63) is 35.4 Å². The number of hydrogen-bond donors (Lipinski definition) is 2. The van der Waals surface area contributed by atoms with Gasteiger partial charge >= 0.3 is 6.18 Å². The molecule has 0 amide bonds. The molecule has 6 heteroatoms. The summed E-state index contributed by atoms with van der Waals surface area (Å²) in [6, 6.07) is 5.46. The Morgan fingerprint density at radius 1 is 1.22 bits per heavy atom. The molecule has 18 heavy (non-hydrogen) atoms. The van der Waals surface area contributed by atoms with Crippen LogP contribution in [0.3, 0.4) is 0 Å². The second-order valence-corrected chi connectivity index (χ2v) is 4.17. The van der Waals surface area contributed by atoms with Gasteiger partial charge in [-0.1, -0.05) is 25.1 Å². The summed E-state index contributed by atoms with van der Waals surface area (Å²) < 4.78 is 38.1. The van der Waals surface area contributed by atoms with E-state index >= 15 is 0 Å². The molecular weight excluding hydrogens is 261 g/mol. The number of halogens is 3. The molecule has 1 rings (SSSR count). The summed E-state index contributed by atoms with van der Waals surface area (Å²) in [6.45, 7) is 2.74. The van der Waals surface area contributed by atoms with Crippen LogP contribution in [0.2, 0.25) is 0 Å². The van der Waals surface area contributed by atoms with Crippen LogP contribution in [0, 0.1) is 0 Å². The minimum absolute atomic E-state index is 0.0607. The van der Waals surface area contributed by atoms with Crippen molar-refractivity contribution in [3.8, 4) is 0 Å². The predicted octanol–water partition coefficient (Wildman–Crippen LogP) is 3.08. The lowest BCUT2D eigenvalue weighted by atomic mass is 10.1. The van der Waals surface area contributed by atoms with Crippen molar-refractivity contribution < 1.29 is 13.2 Å². The average Bonchev–Trinajstić information content (AvgIpc) is 2.33. The zero-order chi connectivity index (χ0) is 13.6. The fourth-order valence-electron chi connectivity index (χ4n) is 1.43. The largest absolute Gasteiger partial charge is 0.416 e. The highest BCUT2D eigenvalue weighted by Gasteiger charge is 2.32. The molecule has 0 atom stereocenters. The lowest BCUT2D eigenvalue weighted by Crippen LogP contribution is -2.35. The molecule has 0 spiro atoms. The smallest absolute Gasteiger partial charge is 0.363 e. The van der Waals surface area contributed by atoms with Crippen molar-refractivity contribution >= 4 is 17.3 Å². The van der Waals surface area contributed by atoms with Crippen LogP contribution in [-0.2, 0) is 12.7 Å². The second kappa shape index (κ2) is 6.58. The molecule has 0 aliphatic heterocycles. The molecule has 0 saturated carbocycles. The Kier molecular flexibility index (Phi) is 5.40. The Morgan fingerprint density at radius 2 is 1.89 bits per heavy atom. The first kappa shape index (κ1) is 14.8. The van der Waals surface area contributed by atoms with Gasteiger partial charge in [0, 0.05) is 13.1 Å². The summed E-state index contributed by atoms with van der Waals surface area (Å²) in [5.41, 5.74) is -0.443. The third-order valence-corrected chi connectivity index (χ3v) is 2.59. The van der Waals surface area contributed by atoms with Crippen LogP contribution in [0.4, 0.5) is 13.2 Å². The SMILES string of the molecule is CCCNC(=S)NCc1ccccc1C(F)(F)F. The molecule has 0 unspecified atom stereocenters. The van der Waals surface area contributed by atoms with E-state index < -0.39 is 11.7 Å². The number of hydrogen-bond acceptors (Lipinski definition) is 1. The molecule has 0 aromatic heterocycles. The third kappa shape index (κ3) is 4.52. The molecular formula is C12H15F3N2S. The number of alkyl halides is 3. The maximum atomic E-state index is 12.7. The van der Waals surface area contributed by atoms with E-state index in [9.17, 15) is 13.2 Å². The van der Waals surface area contributed by atoms with E-state index in [1.54, 1.807) is 6.07 Å². The van der Waals surface area contributed by atoms with Gasteiger partial charge in [0.1, 0.15) is 0 Å². The van der Waals surface area contributed by atoms with Crippen LogP contribution in [-0.4, -0.2) is 11.7 Å². The molecule has 0 heterocycles. The monoisotopic (exact) mass is 276 g/mol. The van der Waals surface area contributed by atoms with Gasteiger partial charge in [0.05, 0.1) is 5.56 Å². The van der Waals surface area contributed by atoms with E-state index in [1.807, 2.05) is 6.92 Å². The van der Waals surface area contributed by atoms with Gasteiger partial charge in [0.2, 0.25) is 0 Å². The quantitative estimate of drug-likeness (QED) is 0.826. The minimum atomic E-state index is -4.34. The van der Waals surface area contributed by atoms with Gasteiger partial charge in [-0.15, -0.1) is 0 Å². The van der Waals surface area contributed by atoms with Gasteiger partial charge in [-0.05, 0) is 30.3 Å². The highest BCUT2D eigenvalue weighted by molar-refractivity contribution is 7.80. The topological polar surface area (TPSA) is 24.1 Å². The minimum Gasteiger partial charge on any atom is -0.363 e. The fraction of sp³-hybridized carbons (Fsp3) is 0.417. The summed E-state index contributed by atoms with van der Waals surface area (Å²) >= 11 is 4.95. The fourth-order valence-corrected chi connectivity index (χ4v) is 1.60. The van der Waals surface area contributed by atoms with Gasteiger partial charge < -0.3 is 10.6 Å². The van der Waals surface area contributed by atoms with Gasteiger partial charge in [0.15, 0.2) is 5.11 Å². The summed E-state index contributed by atoms with van der Waals surface area (Å²) in [5, 5.41) is 6.04. The zero-order valence-corrected chi connectivity index (χ0v) is 10.8. The first-order valence-electron chi connectivity index (χ1n) is 5.62. The molecule has 0 saturated heterocycles. The Balaban J connectivity index is 2.65. The van der Waals surface area contributed by atoms with E-state index in [1.165, 1.54) is 12.1 Å². The normalized spacial score (nSPS) is 11.1. The molecule has 0 radical (unpaired) electrons. The molecule has 0 aliphatic carbocycles. The summed E-state index contributed by atoms with van der Waals surface area (Å²) in [6.07, 6.45) is -3.43. The van der Waals surface area contributed by atoms with Crippen LogP contribution in [0.1, 0.15) is 24.5 Å². The molecule has 2 N–H and O–H groups in total. The third-order valence-electron chi connectivity index (χ3n) is 2.30. The predicted molar refractivity (Wildman–Crippen MR) is 69.2 cm³/mol. The van der Waals surface area contributed by atoms with Crippen molar-refractivity contribution in [3.63, 3.8) is 0 Å². The zero-order valence-electron chi connectivity index (χ0n) is 9.97. The standard InChI is InChI=1S/C12H15F3N2S/c1-2-7-16-11(18)17-8-9-5-3-4-6-10(9)12(13,14)15/h3-6H,2,7-8H2,1H3,(H2,16,17,18). The maximum Gasteiger partial charge on any atom is 0.416 e. The highest BCUT2D eigenvalue weighted by atomic mass is 32.1. The van der Waals surface area contributed by atoms with E-state index in [-0.39, 0.29) is 12.1 Å². The van der Waals surface area contributed by atoms with Crippen molar-refractivity contribution in [1.29, 1.82) is 0 Å². The van der Waals surface area contributed by atoms with Crippen LogP contribution >= 0.6 is 12.2 Å². The van der Waals surface area contributed by atoms with Gasteiger partial charge in [-0.25, -0.2) is 0 Å². The van der Waals surface area contributed by atoms with Crippen LogP contribution < -0.4 is 10.6 Å². The first-order valence-corrected chi connectivity index (χ1v) is 6.02. The van der Waals surface area contributed by atoms with Crippen molar-refractivity contribution in [1.82, 2.24) is 10.6 Å². The summed E-state index contributed by atoms with van der Waals surface area (Å²) in [7, 11) is 0. The highest BCUT2D eigenvalue weighted by Crippen LogP contribution is 2.31. The van der Waals surface area contributed by atoms with Gasteiger partial charge in [-0.2, -0.15) is 13.2 Å². The van der Waals surface area contributed by atoms with Crippen molar-refractivity contribution in [2.24, 2.45) is 0 Å². The van der Waals surface area contributed by atoms with Crippen molar-refractivity contribution in [2.75, 3.05) is 6.54 Å². The van der Waals surface area contributed by atoms with Crippen LogP contribution in [0.25, 0.3) is 0 Å². The van der Waals surface area contributed by atoms with E-state index in [0.717, 1.165) is 12.5 Å². The Labute approximate surface area is 110 Å². The Bertz CT molecular complexity index is 405. The molecule has 1 aromatic rings. The van der Waals surface area contributed by atoms with Crippen molar-refractivity contribution in [2.45, 2.75) is 26.1 Å². The van der Waals surface area contributed by atoms with Crippen LogP contribution in [0.15, 0.2) is 24.3 Å². The number of nitrogens with one attached hydrogen (secondary N) is 2. The molecule has 0 fully saturated rings. The van der Waals surface area contributed by atoms with E-state index in [0.29, 0.717) is 11.7 Å². The lowest BCUT2D eigenvalue weighted by Gasteiger charge is -2.14. The summed E-state index contributed by atoms with van der Waals surface area (Å²) in [4.78, 5) is 0. The van der Waals surface area contributed by atoms with Gasteiger partial charge in [-0.3, -0.25) is 0 Å². The average molecular weight is 276 g/mol. The number of thiocarbonyl (C=S) groups is 1. The molecule has 100 valence electrons. The first-order chi connectivity index (χ1) is 8.45. The Morgan fingerprint density at radius 3 is 2.50 bits per heavy atom. The molecule has 1 aromatic carbocycles. The maximum absolute atomic E-state index is 12.7. The number of benzene rings is 1. The van der Waals surface area contributed by atoms with E-state index in [4.69, 9.17) is 12.2 Å². The van der Waals surface area contributed by atoms with E-state index in [2.05, 4.69) is 10.6 Å². The Hall–Kier alpha value is -1.30.